The van der Waals surface area contributed by atoms with Crippen molar-refractivity contribution in [2.45, 2.75) is 31.9 Å². The van der Waals surface area contributed by atoms with Crippen LogP contribution in [0, 0.1) is 0 Å². The summed E-state index contributed by atoms with van der Waals surface area (Å²) in [5.41, 5.74) is 0.822. The van der Waals surface area contributed by atoms with Crippen LogP contribution in [0.1, 0.15) is 31.7 Å². The van der Waals surface area contributed by atoms with E-state index in [1.165, 1.54) is 0 Å². The van der Waals surface area contributed by atoms with Crippen molar-refractivity contribution in [1.82, 2.24) is 15.1 Å². The van der Waals surface area contributed by atoms with Crippen LogP contribution >= 0.6 is 11.6 Å². The third kappa shape index (κ3) is 3.26. The Labute approximate surface area is 128 Å². The number of nitrogens with zero attached hydrogens (tertiary/aromatic N) is 3. The molecule has 2 aromatic rings. The Morgan fingerprint density at radius 1 is 1.33 bits per heavy atom. The highest BCUT2D eigenvalue weighted by atomic mass is 35.5. The van der Waals surface area contributed by atoms with Crippen LogP contribution in [0.3, 0.4) is 0 Å². The normalized spacial score (nSPS) is 18.8. The van der Waals surface area contributed by atoms with Gasteiger partial charge in [0.2, 0.25) is 11.8 Å². The second-order valence-electron chi connectivity index (χ2n) is 5.40. The van der Waals surface area contributed by atoms with E-state index in [9.17, 15) is 5.11 Å². The fraction of sp³-hybridized carbons (Fsp3) is 0.467. The lowest BCUT2D eigenvalue weighted by Gasteiger charge is -2.32. The van der Waals surface area contributed by atoms with Crippen LogP contribution in [0.2, 0.25) is 5.02 Å². The lowest BCUT2D eigenvalue weighted by molar-refractivity contribution is 0.0582. The van der Waals surface area contributed by atoms with E-state index in [0.29, 0.717) is 16.8 Å². The van der Waals surface area contributed by atoms with Gasteiger partial charge in [0.25, 0.3) is 0 Å². The molecule has 1 aliphatic heterocycles. The van der Waals surface area contributed by atoms with Crippen LogP contribution in [0.5, 0.6) is 0 Å². The molecule has 5 nitrogen and oxygen atoms in total. The Morgan fingerprint density at radius 2 is 2.10 bits per heavy atom. The molecular weight excluding hydrogens is 290 g/mol. The number of piperidine rings is 1. The second kappa shape index (κ2) is 6.13. The van der Waals surface area contributed by atoms with Crippen LogP contribution in [0.25, 0.3) is 11.5 Å². The quantitative estimate of drug-likeness (QED) is 0.944. The molecule has 0 bridgehead atoms. The summed E-state index contributed by atoms with van der Waals surface area (Å²) in [4.78, 5) is 2.25. The summed E-state index contributed by atoms with van der Waals surface area (Å²) in [5, 5.41) is 18.5. The zero-order valence-corrected chi connectivity index (χ0v) is 12.6. The van der Waals surface area contributed by atoms with Gasteiger partial charge in [0.15, 0.2) is 0 Å². The Balaban J connectivity index is 1.75. The number of benzene rings is 1. The maximum atomic E-state index is 9.57. The van der Waals surface area contributed by atoms with Gasteiger partial charge in [-0.2, -0.15) is 0 Å². The average molecular weight is 308 g/mol. The van der Waals surface area contributed by atoms with Gasteiger partial charge in [0.1, 0.15) is 0 Å². The number of hydrogen-bond acceptors (Lipinski definition) is 5. The standard InChI is InChI=1S/C15H18ClN3O2/c1-10(19-7-5-13(20)6-8-19)14-17-18-15(21-14)11-3-2-4-12(16)9-11/h2-4,9-10,13,20H,5-8H2,1H3/t10-/m0/s1. The summed E-state index contributed by atoms with van der Waals surface area (Å²) in [5.74, 6) is 1.08. The zero-order chi connectivity index (χ0) is 14.8. The number of hydrogen-bond donors (Lipinski definition) is 1. The van der Waals surface area contributed by atoms with Crippen LogP contribution in [-0.2, 0) is 0 Å². The summed E-state index contributed by atoms with van der Waals surface area (Å²) >= 11 is 5.98. The van der Waals surface area contributed by atoms with Gasteiger partial charge in [0, 0.05) is 23.7 Å². The molecule has 112 valence electrons. The number of aromatic nitrogens is 2. The number of likely N-dealkylation sites (tertiary alicyclic amines) is 1. The van der Waals surface area contributed by atoms with E-state index in [4.69, 9.17) is 16.0 Å². The van der Waals surface area contributed by atoms with Crippen LogP contribution < -0.4 is 0 Å². The van der Waals surface area contributed by atoms with E-state index in [1.54, 1.807) is 6.07 Å². The van der Waals surface area contributed by atoms with Crippen molar-refractivity contribution in [3.63, 3.8) is 0 Å². The highest BCUT2D eigenvalue weighted by Crippen LogP contribution is 2.27. The molecule has 1 atom stereocenters. The molecule has 0 amide bonds. The van der Waals surface area contributed by atoms with E-state index in [2.05, 4.69) is 15.1 Å². The van der Waals surface area contributed by atoms with Gasteiger partial charge in [-0.15, -0.1) is 10.2 Å². The summed E-state index contributed by atoms with van der Waals surface area (Å²) in [7, 11) is 0. The Morgan fingerprint density at radius 3 is 2.81 bits per heavy atom. The largest absolute Gasteiger partial charge is 0.419 e. The lowest BCUT2D eigenvalue weighted by atomic mass is 10.1. The Hall–Kier alpha value is -1.43. The summed E-state index contributed by atoms with van der Waals surface area (Å²) in [6, 6.07) is 7.42. The molecule has 1 fully saturated rings. The van der Waals surface area contributed by atoms with Crippen molar-refractivity contribution in [2.24, 2.45) is 0 Å². The van der Waals surface area contributed by atoms with Gasteiger partial charge in [0.05, 0.1) is 12.1 Å². The maximum Gasteiger partial charge on any atom is 0.247 e. The van der Waals surface area contributed by atoms with Crippen molar-refractivity contribution in [3.05, 3.63) is 35.2 Å². The smallest absolute Gasteiger partial charge is 0.247 e. The summed E-state index contributed by atoms with van der Waals surface area (Å²) in [6.07, 6.45) is 1.40. The molecule has 0 saturated carbocycles. The van der Waals surface area contributed by atoms with E-state index >= 15 is 0 Å². The number of aliphatic hydroxyl groups excluding tert-OH is 1. The van der Waals surface area contributed by atoms with Gasteiger partial charge in [-0.25, -0.2) is 0 Å². The van der Waals surface area contributed by atoms with Crippen LogP contribution in [0.15, 0.2) is 28.7 Å². The predicted octanol–water partition coefficient (Wildman–Crippen LogP) is 2.91. The monoisotopic (exact) mass is 307 g/mol. The van der Waals surface area contributed by atoms with E-state index in [1.807, 2.05) is 25.1 Å². The predicted molar refractivity (Wildman–Crippen MR) is 80.0 cm³/mol. The van der Waals surface area contributed by atoms with Crippen molar-refractivity contribution >= 4 is 11.6 Å². The van der Waals surface area contributed by atoms with E-state index < -0.39 is 0 Å². The number of aliphatic hydroxyl groups is 1. The molecule has 1 aromatic heterocycles. The topological polar surface area (TPSA) is 62.4 Å². The van der Waals surface area contributed by atoms with Crippen molar-refractivity contribution < 1.29 is 9.52 Å². The van der Waals surface area contributed by atoms with E-state index in [0.717, 1.165) is 31.5 Å². The third-order valence-electron chi connectivity index (χ3n) is 3.92. The maximum absolute atomic E-state index is 9.57. The molecule has 1 N–H and O–H groups in total. The first-order chi connectivity index (χ1) is 10.1. The lowest BCUT2D eigenvalue weighted by Crippen LogP contribution is -2.37. The highest BCUT2D eigenvalue weighted by Gasteiger charge is 2.25. The van der Waals surface area contributed by atoms with Gasteiger partial charge in [-0.05, 0) is 38.0 Å². The molecule has 1 aromatic carbocycles. The van der Waals surface area contributed by atoms with Gasteiger partial charge >= 0.3 is 0 Å². The summed E-state index contributed by atoms with van der Waals surface area (Å²) in [6.45, 7) is 3.74. The minimum Gasteiger partial charge on any atom is -0.419 e. The first-order valence-electron chi connectivity index (χ1n) is 7.15. The van der Waals surface area contributed by atoms with Gasteiger partial charge in [-0.1, -0.05) is 17.7 Å². The van der Waals surface area contributed by atoms with Gasteiger partial charge in [-0.3, -0.25) is 4.90 Å². The fourth-order valence-electron chi connectivity index (χ4n) is 2.57. The fourth-order valence-corrected chi connectivity index (χ4v) is 2.76. The van der Waals surface area contributed by atoms with Crippen molar-refractivity contribution in [2.75, 3.05) is 13.1 Å². The molecule has 21 heavy (non-hydrogen) atoms. The zero-order valence-electron chi connectivity index (χ0n) is 11.9. The first-order valence-corrected chi connectivity index (χ1v) is 7.53. The number of rotatable bonds is 3. The highest BCUT2D eigenvalue weighted by molar-refractivity contribution is 6.30. The van der Waals surface area contributed by atoms with Crippen LogP contribution in [-0.4, -0.2) is 39.4 Å². The summed E-state index contributed by atoms with van der Waals surface area (Å²) < 4.78 is 5.78. The average Bonchev–Trinajstić information content (AvgIpc) is 2.97. The SMILES string of the molecule is C[C@@H](c1nnc(-c2cccc(Cl)c2)o1)N1CCC(O)CC1. The molecule has 1 saturated heterocycles. The Kier molecular flexibility index (Phi) is 4.24. The molecule has 0 aliphatic carbocycles. The van der Waals surface area contributed by atoms with Crippen molar-refractivity contribution in [1.29, 1.82) is 0 Å². The number of halogens is 1. The van der Waals surface area contributed by atoms with Gasteiger partial charge < -0.3 is 9.52 Å². The van der Waals surface area contributed by atoms with E-state index in [-0.39, 0.29) is 12.1 Å². The molecule has 6 heteroatoms. The Bertz CT molecular complexity index is 608. The molecule has 1 aliphatic rings. The third-order valence-corrected chi connectivity index (χ3v) is 4.15. The molecule has 2 heterocycles. The van der Waals surface area contributed by atoms with Crippen molar-refractivity contribution in [3.8, 4) is 11.5 Å². The van der Waals surface area contributed by atoms with Crippen LogP contribution in [0.4, 0.5) is 0 Å². The molecular formula is C15H18ClN3O2. The molecule has 3 rings (SSSR count). The first kappa shape index (κ1) is 14.5. The second-order valence-corrected chi connectivity index (χ2v) is 5.84. The minimum atomic E-state index is -0.182. The molecule has 0 radical (unpaired) electrons. The molecule has 0 unspecified atom stereocenters. The minimum absolute atomic E-state index is 0.0536. The molecule has 0 spiro atoms.